The first kappa shape index (κ1) is 15.5. The molecule has 2 aromatic rings. The normalized spacial score (nSPS) is 12.8. The molecule has 0 heterocycles. The monoisotopic (exact) mass is 325 g/mol. The Bertz CT molecular complexity index is 747. The van der Waals surface area contributed by atoms with Crippen molar-refractivity contribution < 1.29 is 18.3 Å². The standard InChI is InChI=1S/C14H12ClNO4S/c15-11-8-4-5-9-12(11)21(19,20)16-13(14(17)18)10-6-2-1-3-7-10/h1-9,13,16H,(H,17,18). The molecule has 0 saturated heterocycles. The molecule has 0 aliphatic rings. The van der Waals surface area contributed by atoms with Crippen LogP contribution in [0.4, 0.5) is 0 Å². The van der Waals surface area contributed by atoms with Crippen molar-refractivity contribution in [2.75, 3.05) is 0 Å². The van der Waals surface area contributed by atoms with Gasteiger partial charge in [-0.15, -0.1) is 0 Å². The van der Waals surface area contributed by atoms with Crippen LogP contribution in [0.2, 0.25) is 5.02 Å². The molecule has 21 heavy (non-hydrogen) atoms. The van der Waals surface area contributed by atoms with E-state index in [0.29, 0.717) is 5.56 Å². The third kappa shape index (κ3) is 3.60. The molecule has 0 aromatic heterocycles. The smallest absolute Gasteiger partial charge is 0.326 e. The number of sulfonamides is 1. The highest BCUT2D eigenvalue weighted by Crippen LogP contribution is 2.23. The highest BCUT2D eigenvalue weighted by Gasteiger charge is 2.27. The Morgan fingerprint density at radius 1 is 1.05 bits per heavy atom. The van der Waals surface area contributed by atoms with Gasteiger partial charge >= 0.3 is 5.97 Å². The fraction of sp³-hybridized carbons (Fsp3) is 0.0714. The zero-order chi connectivity index (χ0) is 15.5. The molecule has 0 aliphatic heterocycles. The Hall–Kier alpha value is -1.89. The van der Waals surface area contributed by atoms with Gasteiger partial charge in [-0.1, -0.05) is 54.1 Å². The van der Waals surface area contributed by atoms with Crippen LogP contribution in [0, 0.1) is 0 Å². The zero-order valence-corrected chi connectivity index (χ0v) is 12.3. The van der Waals surface area contributed by atoms with Gasteiger partial charge in [0.05, 0.1) is 5.02 Å². The molecule has 1 unspecified atom stereocenters. The summed E-state index contributed by atoms with van der Waals surface area (Å²) < 4.78 is 26.7. The maximum Gasteiger partial charge on any atom is 0.326 e. The number of hydrogen-bond donors (Lipinski definition) is 2. The minimum absolute atomic E-state index is 0.0298. The topological polar surface area (TPSA) is 83.5 Å². The third-order valence-corrected chi connectivity index (χ3v) is 4.70. The second-order valence-electron chi connectivity index (χ2n) is 4.23. The van der Waals surface area contributed by atoms with E-state index in [4.69, 9.17) is 11.6 Å². The maximum absolute atomic E-state index is 12.3. The minimum Gasteiger partial charge on any atom is -0.480 e. The number of carboxylic acid groups (broad SMARTS) is 1. The number of halogens is 1. The van der Waals surface area contributed by atoms with E-state index < -0.39 is 22.0 Å². The maximum atomic E-state index is 12.3. The fourth-order valence-electron chi connectivity index (χ4n) is 1.79. The van der Waals surface area contributed by atoms with Gasteiger partial charge in [-0.05, 0) is 17.7 Å². The quantitative estimate of drug-likeness (QED) is 0.884. The summed E-state index contributed by atoms with van der Waals surface area (Å²) in [6.45, 7) is 0. The summed E-state index contributed by atoms with van der Waals surface area (Å²) in [5.41, 5.74) is 0.334. The summed E-state index contributed by atoms with van der Waals surface area (Å²) in [5.74, 6) is -1.29. The lowest BCUT2D eigenvalue weighted by Crippen LogP contribution is -2.33. The van der Waals surface area contributed by atoms with Gasteiger partial charge in [0.25, 0.3) is 0 Å². The van der Waals surface area contributed by atoms with Crippen molar-refractivity contribution in [2.45, 2.75) is 10.9 Å². The SMILES string of the molecule is O=C(O)C(NS(=O)(=O)c1ccccc1Cl)c1ccccc1. The van der Waals surface area contributed by atoms with Crippen LogP contribution >= 0.6 is 11.6 Å². The molecule has 0 spiro atoms. The molecule has 0 bridgehead atoms. The predicted molar refractivity (Wildman–Crippen MR) is 78.6 cm³/mol. The van der Waals surface area contributed by atoms with Crippen molar-refractivity contribution in [3.05, 3.63) is 65.2 Å². The third-order valence-electron chi connectivity index (χ3n) is 2.78. The van der Waals surface area contributed by atoms with Crippen LogP contribution < -0.4 is 4.72 Å². The van der Waals surface area contributed by atoms with E-state index in [2.05, 4.69) is 4.72 Å². The van der Waals surface area contributed by atoms with Crippen molar-refractivity contribution in [2.24, 2.45) is 0 Å². The van der Waals surface area contributed by atoms with E-state index in [9.17, 15) is 18.3 Å². The molecule has 0 amide bonds. The Morgan fingerprint density at radius 2 is 1.62 bits per heavy atom. The summed E-state index contributed by atoms with van der Waals surface area (Å²) in [5, 5.41) is 9.28. The molecule has 2 N–H and O–H groups in total. The number of carboxylic acids is 1. The van der Waals surface area contributed by atoms with Crippen molar-refractivity contribution in [1.29, 1.82) is 0 Å². The lowest BCUT2D eigenvalue weighted by molar-refractivity contribution is -0.139. The average molecular weight is 326 g/mol. The summed E-state index contributed by atoms with van der Waals surface area (Å²) in [7, 11) is -4.05. The van der Waals surface area contributed by atoms with Crippen LogP contribution in [-0.2, 0) is 14.8 Å². The van der Waals surface area contributed by atoms with Crippen molar-refractivity contribution in [3.8, 4) is 0 Å². The molecule has 110 valence electrons. The first-order valence-electron chi connectivity index (χ1n) is 5.96. The number of benzene rings is 2. The number of nitrogens with one attached hydrogen (secondary N) is 1. The van der Waals surface area contributed by atoms with E-state index in [-0.39, 0.29) is 9.92 Å². The lowest BCUT2D eigenvalue weighted by atomic mass is 10.1. The molecule has 7 heteroatoms. The second kappa shape index (κ2) is 6.26. The summed E-state index contributed by atoms with van der Waals surface area (Å²) in [6.07, 6.45) is 0. The van der Waals surface area contributed by atoms with Gasteiger partial charge in [0.2, 0.25) is 10.0 Å². The molecule has 2 rings (SSSR count). The molecular weight excluding hydrogens is 314 g/mol. The molecule has 1 atom stereocenters. The fourth-order valence-corrected chi connectivity index (χ4v) is 3.48. The number of carbonyl (C=O) groups is 1. The summed E-state index contributed by atoms with van der Waals surface area (Å²) >= 11 is 5.85. The van der Waals surface area contributed by atoms with Crippen LogP contribution in [-0.4, -0.2) is 19.5 Å². The van der Waals surface area contributed by atoms with Gasteiger partial charge in [0, 0.05) is 0 Å². The Morgan fingerprint density at radius 3 is 2.19 bits per heavy atom. The van der Waals surface area contributed by atoms with Crippen molar-refractivity contribution in [1.82, 2.24) is 4.72 Å². The number of hydrogen-bond acceptors (Lipinski definition) is 3. The lowest BCUT2D eigenvalue weighted by Gasteiger charge is -2.15. The Labute approximate surface area is 127 Å². The van der Waals surface area contributed by atoms with Gasteiger partial charge < -0.3 is 5.11 Å². The van der Waals surface area contributed by atoms with Gasteiger partial charge in [-0.2, -0.15) is 4.72 Å². The largest absolute Gasteiger partial charge is 0.480 e. The molecule has 0 aliphatic carbocycles. The van der Waals surface area contributed by atoms with Crippen LogP contribution in [0.3, 0.4) is 0 Å². The summed E-state index contributed by atoms with van der Waals surface area (Å²) in [6, 6.07) is 12.5. The van der Waals surface area contributed by atoms with Crippen LogP contribution in [0.5, 0.6) is 0 Å². The Balaban J connectivity index is 2.38. The van der Waals surface area contributed by atoms with E-state index in [1.165, 1.54) is 30.3 Å². The van der Waals surface area contributed by atoms with E-state index in [1.54, 1.807) is 24.3 Å². The molecule has 0 fully saturated rings. The van der Waals surface area contributed by atoms with Crippen LogP contribution in [0.1, 0.15) is 11.6 Å². The highest BCUT2D eigenvalue weighted by atomic mass is 35.5. The van der Waals surface area contributed by atoms with Crippen LogP contribution in [0.15, 0.2) is 59.5 Å². The predicted octanol–water partition coefficient (Wildman–Crippen LogP) is 2.44. The van der Waals surface area contributed by atoms with E-state index in [1.807, 2.05) is 0 Å². The van der Waals surface area contributed by atoms with Crippen molar-refractivity contribution >= 4 is 27.6 Å². The van der Waals surface area contributed by atoms with Crippen molar-refractivity contribution in [3.63, 3.8) is 0 Å². The zero-order valence-electron chi connectivity index (χ0n) is 10.7. The summed E-state index contributed by atoms with van der Waals surface area (Å²) in [4.78, 5) is 11.2. The highest BCUT2D eigenvalue weighted by molar-refractivity contribution is 7.89. The first-order valence-corrected chi connectivity index (χ1v) is 7.82. The van der Waals surface area contributed by atoms with E-state index in [0.717, 1.165) is 0 Å². The number of rotatable bonds is 5. The van der Waals surface area contributed by atoms with Gasteiger partial charge in [0.1, 0.15) is 10.9 Å². The second-order valence-corrected chi connectivity index (χ2v) is 6.32. The van der Waals surface area contributed by atoms with Gasteiger partial charge in [-0.3, -0.25) is 4.79 Å². The molecule has 0 saturated carbocycles. The minimum atomic E-state index is -4.05. The average Bonchev–Trinajstić information content (AvgIpc) is 2.46. The van der Waals surface area contributed by atoms with Crippen LogP contribution in [0.25, 0.3) is 0 Å². The molecular formula is C14H12ClNO4S. The molecule has 2 aromatic carbocycles. The first-order chi connectivity index (χ1) is 9.92. The Kier molecular flexibility index (Phi) is 4.62. The number of aliphatic carboxylic acids is 1. The van der Waals surface area contributed by atoms with E-state index >= 15 is 0 Å². The molecule has 5 nitrogen and oxygen atoms in total. The molecule has 0 radical (unpaired) electrons. The van der Waals surface area contributed by atoms with Gasteiger partial charge in [0.15, 0.2) is 0 Å². The van der Waals surface area contributed by atoms with Gasteiger partial charge in [-0.25, -0.2) is 8.42 Å².